The van der Waals surface area contributed by atoms with Crippen molar-refractivity contribution in [2.75, 3.05) is 33.4 Å². The molecular formula is C19H21F3N2O3. The van der Waals surface area contributed by atoms with E-state index in [0.717, 1.165) is 30.1 Å². The normalized spacial score (nSPS) is 18.7. The molecule has 0 unspecified atom stereocenters. The molecule has 5 nitrogen and oxygen atoms in total. The van der Waals surface area contributed by atoms with Gasteiger partial charge in [0.2, 0.25) is 5.88 Å². The summed E-state index contributed by atoms with van der Waals surface area (Å²) in [4.78, 5) is 5.95. The predicted molar refractivity (Wildman–Crippen MR) is 92.7 cm³/mol. The highest BCUT2D eigenvalue weighted by Crippen LogP contribution is 2.29. The number of halogens is 3. The van der Waals surface area contributed by atoms with Crippen LogP contribution in [0.1, 0.15) is 11.1 Å². The molecule has 27 heavy (non-hydrogen) atoms. The number of nitrogens with zero attached hydrogens (tertiary/aromatic N) is 2. The van der Waals surface area contributed by atoms with Crippen LogP contribution in [-0.2, 0) is 17.5 Å². The molecule has 1 aromatic heterocycles. The Labute approximate surface area is 155 Å². The van der Waals surface area contributed by atoms with Crippen LogP contribution < -0.4 is 9.47 Å². The molecule has 0 amide bonds. The van der Waals surface area contributed by atoms with E-state index < -0.39 is 11.7 Å². The minimum absolute atomic E-state index is 0.155. The Morgan fingerprint density at radius 1 is 1.19 bits per heavy atom. The number of hydrogen-bond acceptors (Lipinski definition) is 5. The lowest BCUT2D eigenvalue weighted by atomic mass is 10.2. The van der Waals surface area contributed by atoms with Crippen molar-refractivity contribution in [3.8, 4) is 11.6 Å². The lowest BCUT2D eigenvalue weighted by molar-refractivity contribution is -0.137. The molecular weight excluding hydrogens is 361 g/mol. The van der Waals surface area contributed by atoms with Crippen molar-refractivity contribution in [2.24, 2.45) is 0 Å². The van der Waals surface area contributed by atoms with Crippen molar-refractivity contribution in [2.45, 2.75) is 18.8 Å². The lowest BCUT2D eigenvalue weighted by Gasteiger charge is -2.23. The first kappa shape index (κ1) is 19.4. The smallest absolute Gasteiger partial charge is 0.417 e. The van der Waals surface area contributed by atoms with Gasteiger partial charge in [-0.1, -0.05) is 12.1 Å². The van der Waals surface area contributed by atoms with Gasteiger partial charge < -0.3 is 14.2 Å². The average Bonchev–Trinajstić information content (AvgIpc) is 2.87. The standard InChI is InChI=1S/C19H21F3N2O3/c1-25-16-5-2-14(3-6-16)11-24-8-9-26-13-17(12-24)27-18-7-4-15(10-23-18)19(20,21)22/h2-7,10,17H,8-9,11-13H2,1H3/t17-/m1/s1. The summed E-state index contributed by atoms with van der Waals surface area (Å²) in [6.07, 6.45) is -3.94. The number of alkyl halides is 3. The minimum Gasteiger partial charge on any atom is -0.497 e. The van der Waals surface area contributed by atoms with Crippen molar-refractivity contribution in [3.63, 3.8) is 0 Å². The maximum Gasteiger partial charge on any atom is 0.417 e. The Hall–Kier alpha value is -2.32. The molecule has 0 aliphatic carbocycles. The second-order valence-corrected chi connectivity index (χ2v) is 6.28. The van der Waals surface area contributed by atoms with Crippen LogP contribution >= 0.6 is 0 Å². The van der Waals surface area contributed by atoms with Crippen molar-refractivity contribution in [1.29, 1.82) is 0 Å². The summed E-state index contributed by atoms with van der Waals surface area (Å²) < 4.78 is 54.3. The maximum atomic E-state index is 12.6. The van der Waals surface area contributed by atoms with E-state index in [1.807, 2.05) is 24.3 Å². The highest BCUT2D eigenvalue weighted by Gasteiger charge is 2.31. The van der Waals surface area contributed by atoms with Gasteiger partial charge in [0.25, 0.3) is 0 Å². The number of pyridine rings is 1. The first-order chi connectivity index (χ1) is 12.9. The number of methoxy groups -OCH3 is 1. The van der Waals surface area contributed by atoms with Crippen LogP contribution in [0.3, 0.4) is 0 Å². The largest absolute Gasteiger partial charge is 0.497 e. The third kappa shape index (κ3) is 5.58. The first-order valence-electron chi connectivity index (χ1n) is 8.57. The fourth-order valence-electron chi connectivity index (χ4n) is 2.83. The Kier molecular flexibility index (Phi) is 6.18. The molecule has 146 valence electrons. The number of ether oxygens (including phenoxy) is 3. The van der Waals surface area contributed by atoms with Crippen LogP contribution in [0.2, 0.25) is 0 Å². The van der Waals surface area contributed by atoms with Crippen molar-refractivity contribution in [3.05, 3.63) is 53.7 Å². The maximum absolute atomic E-state index is 12.6. The lowest BCUT2D eigenvalue weighted by Crippen LogP contribution is -2.35. The minimum atomic E-state index is -4.41. The van der Waals surface area contributed by atoms with E-state index in [1.165, 1.54) is 6.07 Å². The number of benzene rings is 1. The number of hydrogen-bond donors (Lipinski definition) is 0. The van der Waals surface area contributed by atoms with Gasteiger partial charge in [0.05, 0.1) is 25.9 Å². The Balaban J connectivity index is 1.60. The number of rotatable bonds is 5. The molecule has 2 aromatic rings. The van der Waals surface area contributed by atoms with Gasteiger partial charge in [-0.2, -0.15) is 13.2 Å². The summed E-state index contributed by atoms with van der Waals surface area (Å²) in [6.45, 7) is 2.98. The zero-order chi connectivity index (χ0) is 19.3. The zero-order valence-corrected chi connectivity index (χ0v) is 14.9. The Bertz CT molecular complexity index is 720. The molecule has 1 atom stereocenters. The van der Waals surface area contributed by atoms with Crippen LogP contribution in [0.15, 0.2) is 42.6 Å². The fraction of sp³-hybridized carbons (Fsp3) is 0.421. The fourth-order valence-corrected chi connectivity index (χ4v) is 2.83. The molecule has 0 saturated carbocycles. The topological polar surface area (TPSA) is 43.8 Å². The second-order valence-electron chi connectivity index (χ2n) is 6.28. The molecule has 3 rings (SSSR count). The van der Waals surface area contributed by atoms with E-state index in [4.69, 9.17) is 14.2 Å². The predicted octanol–water partition coefficient (Wildman–Crippen LogP) is 3.39. The van der Waals surface area contributed by atoms with E-state index in [-0.39, 0.29) is 12.0 Å². The zero-order valence-electron chi connectivity index (χ0n) is 14.9. The molecule has 0 N–H and O–H groups in total. The van der Waals surface area contributed by atoms with Crippen LogP contribution in [0.4, 0.5) is 13.2 Å². The molecule has 1 aromatic carbocycles. The third-order valence-corrected chi connectivity index (χ3v) is 4.23. The quantitative estimate of drug-likeness (QED) is 0.793. The number of aromatic nitrogens is 1. The van der Waals surface area contributed by atoms with Crippen molar-refractivity contribution in [1.82, 2.24) is 9.88 Å². The molecule has 1 saturated heterocycles. The summed E-state index contributed by atoms with van der Waals surface area (Å²) in [5.41, 5.74) is 0.331. The van der Waals surface area contributed by atoms with Crippen LogP contribution in [-0.4, -0.2) is 49.4 Å². The second kappa shape index (κ2) is 8.58. The van der Waals surface area contributed by atoms with Gasteiger partial charge in [0.15, 0.2) is 0 Å². The Morgan fingerprint density at radius 2 is 1.96 bits per heavy atom. The van der Waals surface area contributed by atoms with E-state index in [0.29, 0.717) is 26.3 Å². The first-order valence-corrected chi connectivity index (χ1v) is 8.57. The van der Waals surface area contributed by atoms with Crippen LogP contribution in [0, 0.1) is 0 Å². The summed E-state index contributed by atoms with van der Waals surface area (Å²) in [7, 11) is 1.62. The van der Waals surface area contributed by atoms with Gasteiger partial charge >= 0.3 is 6.18 Å². The Morgan fingerprint density at radius 3 is 2.59 bits per heavy atom. The van der Waals surface area contributed by atoms with Gasteiger partial charge in [-0.15, -0.1) is 0 Å². The summed E-state index contributed by atoms with van der Waals surface area (Å²) >= 11 is 0. The van der Waals surface area contributed by atoms with E-state index in [9.17, 15) is 13.2 Å². The van der Waals surface area contributed by atoms with Gasteiger partial charge in [-0.25, -0.2) is 4.98 Å². The van der Waals surface area contributed by atoms with Crippen molar-refractivity contribution < 1.29 is 27.4 Å². The van der Waals surface area contributed by atoms with E-state index >= 15 is 0 Å². The molecule has 1 aliphatic rings. The van der Waals surface area contributed by atoms with Gasteiger partial charge in [0.1, 0.15) is 11.9 Å². The summed E-state index contributed by atoms with van der Waals surface area (Å²) in [5.74, 6) is 0.954. The van der Waals surface area contributed by atoms with Gasteiger partial charge in [-0.05, 0) is 23.8 Å². The molecule has 8 heteroatoms. The van der Waals surface area contributed by atoms with E-state index in [1.54, 1.807) is 7.11 Å². The SMILES string of the molecule is COc1ccc(CN2CCOC[C@H](Oc3ccc(C(F)(F)F)cn3)C2)cc1. The molecule has 1 aliphatic heterocycles. The third-order valence-electron chi connectivity index (χ3n) is 4.23. The molecule has 0 radical (unpaired) electrons. The van der Waals surface area contributed by atoms with Crippen LogP contribution in [0.25, 0.3) is 0 Å². The highest BCUT2D eigenvalue weighted by molar-refractivity contribution is 5.27. The molecule has 0 spiro atoms. The van der Waals surface area contributed by atoms with Crippen LogP contribution in [0.5, 0.6) is 11.6 Å². The van der Waals surface area contributed by atoms with Gasteiger partial charge in [-0.3, -0.25) is 4.90 Å². The van der Waals surface area contributed by atoms with Gasteiger partial charge in [0, 0.05) is 31.9 Å². The summed E-state index contributed by atoms with van der Waals surface area (Å²) in [5, 5.41) is 0. The molecule has 0 bridgehead atoms. The van der Waals surface area contributed by atoms with Crippen molar-refractivity contribution >= 4 is 0 Å². The highest BCUT2D eigenvalue weighted by atomic mass is 19.4. The summed E-state index contributed by atoms with van der Waals surface area (Å²) in [6, 6.07) is 10.0. The monoisotopic (exact) mass is 382 g/mol. The molecule has 2 heterocycles. The molecule has 1 fully saturated rings. The van der Waals surface area contributed by atoms with E-state index in [2.05, 4.69) is 9.88 Å². The average molecular weight is 382 g/mol.